The molecule has 0 aliphatic carbocycles. The Labute approximate surface area is 127 Å². The SMILES string of the molecule is CN1CCCC1c1nc(-c2ccnc(-n3ccnc3)c2)no1. The molecular weight excluding hydrogens is 280 g/mol. The largest absolute Gasteiger partial charge is 0.337 e. The van der Waals surface area contributed by atoms with Crippen molar-refractivity contribution in [1.82, 2.24) is 29.6 Å². The van der Waals surface area contributed by atoms with Crippen LogP contribution in [0.2, 0.25) is 0 Å². The Morgan fingerprint density at radius 2 is 2.27 bits per heavy atom. The highest BCUT2D eigenvalue weighted by atomic mass is 16.5. The zero-order chi connectivity index (χ0) is 14.9. The highest BCUT2D eigenvalue weighted by molar-refractivity contribution is 5.56. The molecule has 1 atom stereocenters. The van der Waals surface area contributed by atoms with E-state index in [4.69, 9.17) is 4.52 Å². The highest BCUT2D eigenvalue weighted by Crippen LogP contribution is 2.30. The number of likely N-dealkylation sites (tertiary alicyclic amines) is 1. The molecule has 0 aromatic carbocycles. The predicted octanol–water partition coefficient (Wildman–Crippen LogP) is 2.08. The van der Waals surface area contributed by atoms with Crippen LogP contribution in [0.3, 0.4) is 0 Å². The van der Waals surface area contributed by atoms with Crippen molar-refractivity contribution < 1.29 is 4.52 Å². The minimum absolute atomic E-state index is 0.233. The summed E-state index contributed by atoms with van der Waals surface area (Å²) in [6.45, 7) is 1.07. The van der Waals surface area contributed by atoms with Crippen LogP contribution < -0.4 is 0 Å². The Morgan fingerprint density at radius 3 is 3.05 bits per heavy atom. The molecule has 7 nitrogen and oxygen atoms in total. The lowest BCUT2D eigenvalue weighted by Crippen LogP contribution is -2.17. The van der Waals surface area contributed by atoms with E-state index in [-0.39, 0.29) is 6.04 Å². The van der Waals surface area contributed by atoms with Gasteiger partial charge in [0.2, 0.25) is 11.7 Å². The van der Waals surface area contributed by atoms with Crippen LogP contribution in [0, 0.1) is 0 Å². The van der Waals surface area contributed by atoms with Crippen molar-refractivity contribution in [3.63, 3.8) is 0 Å². The minimum Gasteiger partial charge on any atom is -0.337 e. The second kappa shape index (κ2) is 5.34. The van der Waals surface area contributed by atoms with Crippen molar-refractivity contribution >= 4 is 0 Å². The van der Waals surface area contributed by atoms with Crippen molar-refractivity contribution in [3.05, 3.63) is 42.9 Å². The Morgan fingerprint density at radius 1 is 1.32 bits per heavy atom. The molecule has 1 fully saturated rings. The summed E-state index contributed by atoms with van der Waals surface area (Å²) >= 11 is 0. The van der Waals surface area contributed by atoms with E-state index in [2.05, 4.69) is 32.1 Å². The number of hydrogen-bond donors (Lipinski definition) is 0. The average molecular weight is 296 g/mol. The quantitative estimate of drug-likeness (QED) is 0.737. The maximum atomic E-state index is 5.46. The Balaban J connectivity index is 1.65. The van der Waals surface area contributed by atoms with Crippen molar-refractivity contribution in [3.8, 4) is 17.2 Å². The molecular formula is C15H16N6O. The molecule has 7 heteroatoms. The van der Waals surface area contributed by atoms with Gasteiger partial charge in [-0.15, -0.1) is 0 Å². The Kier molecular flexibility index (Phi) is 3.19. The van der Waals surface area contributed by atoms with Gasteiger partial charge in [0, 0.05) is 24.2 Å². The second-order valence-corrected chi connectivity index (χ2v) is 5.47. The van der Waals surface area contributed by atoms with Gasteiger partial charge in [-0.05, 0) is 38.6 Å². The number of hydrogen-bond acceptors (Lipinski definition) is 6. The molecule has 3 aromatic rings. The van der Waals surface area contributed by atoms with Gasteiger partial charge in [0.25, 0.3) is 0 Å². The summed E-state index contributed by atoms with van der Waals surface area (Å²) in [7, 11) is 2.09. The predicted molar refractivity (Wildman–Crippen MR) is 79.3 cm³/mol. The monoisotopic (exact) mass is 296 g/mol. The van der Waals surface area contributed by atoms with E-state index >= 15 is 0 Å². The summed E-state index contributed by atoms with van der Waals surface area (Å²) in [6, 6.07) is 4.04. The van der Waals surface area contributed by atoms with Gasteiger partial charge < -0.3 is 4.52 Å². The van der Waals surface area contributed by atoms with Gasteiger partial charge >= 0.3 is 0 Å². The van der Waals surface area contributed by atoms with Crippen LogP contribution in [0.4, 0.5) is 0 Å². The van der Waals surface area contributed by atoms with Crippen LogP contribution in [0.25, 0.3) is 17.2 Å². The van der Waals surface area contributed by atoms with Crippen LogP contribution >= 0.6 is 0 Å². The fraction of sp³-hybridized carbons (Fsp3) is 0.333. The standard InChI is InChI=1S/C15H16N6O/c1-20-7-2-3-12(20)15-18-14(19-22-15)11-4-5-17-13(9-11)21-8-6-16-10-21/h4-6,8-10,12H,2-3,7H2,1H3. The van der Waals surface area contributed by atoms with Crippen LogP contribution in [0.5, 0.6) is 0 Å². The van der Waals surface area contributed by atoms with Gasteiger partial charge in [0.05, 0.1) is 6.04 Å². The van der Waals surface area contributed by atoms with E-state index in [1.807, 2.05) is 22.9 Å². The summed E-state index contributed by atoms with van der Waals surface area (Å²) in [6.07, 6.45) is 9.25. The number of pyridine rings is 1. The molecule has 0 amide bonds. The van der Waals surface area contributed by atoms with Crippen LogP contribution in [-0.4, -0.2) is 43.2 Å². The summed E-state index contributed by atoms with van der Waals surface area (Å²) in [4.78, 5) is 15.2. The van der Waals surface area contributed by atoms with Crippen molar-refractivity contribution in [2.45, 2.75) is 18.9 Å². The first-order valence-corrected chi connectivity index (χ1v) is 7.30. The molecule has 1 unspecified atom stereocenters. The third kappa shape index (κ3) is 2.29. The summed E-state index contributed by atoms with van der Waals surface area (Å²) in [5, 5.41) is 4.12. The molecule has 4 heterocycles. The summed E-state index contributed by atoms with van der Waals surface area (Å²) in [5.41, 5.74) is 0.884. The zero-order valence-corrected chi connectivity index (χ0v) is 12.3. The molecule has 112 valence electrons. The van der Waals surface area contributed by atoms with E-state index < -0.39 is 0 Å². The molecule has 0 spiro atoms. The first kappa shape index (κ1) is 13.1. The summed E-state index contributed by atoms with van der Waals surface area (Å²) in [5.74, 6) is 2.06. The summed E-state index contributed by atoms with van der Waals surface area (Å²) < 4.78 is 7.30. The van der Waals surface area contributed by atoms with Crippen LogP contribution in [0.15, 0.2) is 41.6 Å². The van der Waals surface area contributed by atoms with Crippen molar-refractivity contribution in [2.24, 2.45) is 0 Å². The fourth-order valence-corrected chi connectivity index (χ4v) is 2.80. The Hall–Kier alpha value is -2.54. The number of rotatable bonds is 3. The zero-order valence-electron chi connectivity index (χ0n) is 12.3. The number of imidazole rings is 1. The smallest absolute Gasteiger partial charge is 0.244 e. The maximum absolute atomic E-state index is 5.46. The molecule has 0 bridgehead atoms. The van der Waals surface area contributed by atoms with E-state index in [1.54, 1.807) is 18.7 Å². The number of nitrogens with zero attached hydrogens (tertiary/aromatic N) is 6. The molecule has 0 saturated carbocycles. The van der Waals surface area contributed by atoms with Gasteiger partial charge in [-0.3, -0.25) is 9.47 Å². The molecule has 0 N–H and O–H groups in total. The van der Waals surface area contributed by atoms with Crippen LogP contribution in [-0.2, 0) is 0 Å². The topological polar surface area (TPSA) is 72.9 Å². The van der Waals surface area contributed by atoms with Gasteiger partial charge in [-0.25, -0.2) is 9.97 Å². The van der Waals surface area contributed by atoms with Crippen molar-refractivity contribution in [1.29, 1.82) is 0 Å². The van der Waals surface area contributed by atoms with Crippen molar-refractivity contribution in [2.75, 3.05) is 13.6 Å². The van der Waals surface area contributed by atoms with Gasteiger partial charge in [-0.1, -0.05) is 5.16 Å². The van der Waals surface area contributed by atoms with Gasteiger partial charge in [0.15, 0.2) is 0 Å². The molecule has 0 radical (unpaired) electrons. The first-order chi connectivity index (χ1) is 10.8. The lowest BCUT2D eigenvalue weighted by atomic mass is 10.2. The van der Waals surface area contributed by atoms with Gasteiger partial charge in [0.1, 0.15) is 12.1 Å². The van der Waals surface area contributed by atoms with Gasteiger partial charge in [-0.2, -0.15) is 4.98 Å². The molecule has 1 saturated heterocycles. The van der Waals surface area contributed by atoms with E-state index in [0.717, 1.165) is 24.3 Å². The van der Waals surface area contributed by atoms with E-state index in [1.165, 1.54) is 6.42 Å². The molecule has 22 heavy (non-hydrogen) atoms. The highest BCUT2D eigenvalue weighted by Gasteiger charge is 2.28. The third-order valence-corrected chi connectivity index (χ3v) is 4.02. The fourth-order valence-electron chi connectivity index (χ4n) is 2.80. The lowest BCUT2D eigenvalue weighted by Gasteiger charge is -2.14. The van der Waals surface area contributed by atoms with E-state index in [9.17, 15) is 0 Å². The average Bonchev–Trinajstić information content (AvgIpc) is 3.28. The van der Waals surface area contributed by atoms with Crippen LogP contribution in [0.1, 0.15) is 24.8 Å². The molecule has 4 rings (SSSR count). The Bertz CT molecular complexity index is 766. The third-order valence-electron chi connectivity index (χ3n) is 4.02. The second-order valence-electron chi connectivity index (χ2n) is 5.47. The minimum atomic E-state index is 0.233. The maximum Gasteiger partial charge on any atom is 0.244 e. The molecule has 1 aliphatic rings. The first-order valence-electron chi connectivity index (χ1n) is 7.30. The molecule has 1 aliphatic heterocycles. The number of aromatic nitrogens is 5. The normalized spacial score (nSPS) is 18.9. The molecule has 3 aromatic heterocycles. The van der Waals surface area contributed by atoms with E-state index in [0.29, 0.717) is 11.7 Å². The lowest BCUT2D eigenvalue weighted by molar-refractivity contribution is 0.245.